The van der Waals surface area contributed by atoms with Crippen LogP contribution in [0.3, 0.4) is 0 Å². The fourth-order valence-corrected chi connectivity index (χ4v) is 1.97. The van der Waals surface area contributed by atoms with E-state index in [0.717, 1.165) is 38.3 Å². The highest BCUT2D eigenvalue weighted by molar-refractivity contribution is 5.63. The van der Waals surface area contributed by atoms with Gasteiger partial charge in [-0.05, 0) is 19.0 Å². The Morgan fingerprint density at radius 1 is 1.24 bits per heavy atom. The third kappa shape index (κ3) is 3.31. The standard InChI is InChI=1S/C11H15N3O2.ClH/c15-14(16)11-5-2-1-4-10(11)13-8-3-6-12-7-9-13;/h1-2,4-5,12H,3,6-9H2;1H/p-1. The Balaban J connectivity index is 0.00000144. The molecule has 0 radical (unpaired) electrons. The summed E-state index contributed by atoms with van der Waals surface area (Å²) < 4.78 is 0. The highest BCUT2D eigenvalue weighted by Crippen LogP contribution is 2.27. The van der Waals surface area contributed by atoms with Gasteiger partial charge in [-0.15, -0.1) is 0 Å². The molecule has 1 aromatic rings. The number of nitrogens with zero attached hydrogens (tertiary/aromatic N) is 2. The van der Waals surface area contributed by atoms with Crippen molar-refractivity contribution in [2.45, 2.75) is 6.42 Å². The van der Waals surface area contributed by atoms with Gasteiger partial charge in [0.1, 0.15) is 5.69 Å². The van der Waals surface area contributed by atoms with E-state index in [1.165, 1.54) is 0 Å². The number of para-hydroxylation sites is 2. The van der Waals surface area contributed by atoms with Crippen molar-refractivity contribution in [3.63, 3.8) is 0 Å². The number of halogens is 1. The minimum absolute atomic E-state index is 0. The van der Waals surface area contributed by atoms with Crippen molar-refractivity contribution in [1.29, 1.82) is 0 Å². The lowest BCUT2D eigenvalue weighted by Crippen LogP contribution is -3.00. The van der Waals surface area contributed by atoms with Gasteiger partial charge in [-0.1, -0.05) is 12.1 Å². The van der Waals surface area contributed by atoms with E-state index >= 15 is 0 Å². The van der Waals surface area contributed by atoms with E-state index in [-0.39, 0.29) is 23.0 Å². The summed E-state index contributed by atoms with van der Waals surface area (Å²) in [7, 11) is 0. The predicted molar refractivity (Wildman–Crippen MR) is 62.8 cm³/mol. The van der Waals surface area contributed by atoms with Crippen molar-refractivity contribution in [2.24, 2.45) is 0 Å². The summed E-state index contributed by atoms with van der Waals surface area (Å²) in [5.74, 6) is 0. The summed E-state index contributed by atoms with van der Waals surface area (Å²) >= 11 is 0. The topological polar surface area (TPSA) is 58.4 Å². The molecule has 1 aliphatic rings. The summed E-state index contributed by atoms with van der Waals surface area (Å²) in [5.41, 5.74) is 0.931. The molecular weight excluding hydrogens is 242 g/mol. The number of hydrogen-bond acceptors (Lipinski definition) is 4. The molecule has 0 bridgehead atoms. The number of nitrogens with one attached hydrogen (secondary N) is 1. The zero-order valence-corrected chi connectivity index (χ0v) is 10.2. The first kappa shape index (κ1) is 13.7. The van der Waals surface area contributed by atoms with E-state index in [1.54, 1.807) is 12.1 Å². The summed E-state index contributed by atoms with van der Waals surface area (Å²) in [6.45, 7) is 3.56. The van der Waals surface area contributed by atoms with Gasteiger partial charge in [-0.2, -0.15) is 0 Å². The second-order valence-electron chi connectivity index (χ2n) is 3.84. The minimum Gasteiger partial charge on any atom is -1.00 e. The van der Waals surface area contributed by atoms with Gasteiger partial charge in [-0.25, -0.2) is 0 Å². The number of rotatable bonds is 2. The molecule has 0 aliphatic carbocycles. The maximum Gasteiger partial charge on any atom is 0.292 e. The summed E-state index contributed by atoms with van der Waals surface area (Å²) in [6, 6.07) is 6.94. The fraction of sp³-hybridized carbons (Fsp3) is 0.455. The lowest BCUT2D eigenvalue weighted by molar-refractivity contribution is -0.384. The largest absolute Gasteiger partial charge is 1.00 e. The van der Waals surface area contributed by atoms with Crippen molar-refractivity contribution >= 4 is 11.4 Å². The lowest BCUT2D eigenvalue weighted by atomic mass is 10.2. The van der Waals surface area contributed by atoms with Crippen molar-refractivity contribution in [1.82, 2.24) is 5.32 Å². The van der Waals surface area contributed by atoms with Crippen LogP contribution in [0.15, 0.2) is 24.3 Å². The SMILES string of the molecule is O=[N+]([O-])c1ccccc1N1CCCNCC1.[Cl-]. The third-order valence-electron chi connectivity index (χ3n) is 2.76. The van der Waals surface area contributed by atoms with Crippen LogP contribution in [0.2, 0.25) is 0 Å². The predicted octanol–water partition coefficient (Wildman–Crippen LogP) is -1.60. The van der Waals surface area contributed by atoms with Crippen molar-refractivity contribution in [3.8, 4) is 0 Å². The quantitative estimate of drug-likeness (QED) is 0.512. The zero-order chi connectivity index (χ0) is 11.4. The third-order valence-corrected chi connectivity index (χ3v) is 2.76. The Hall–Kier alpha value is -1.33. The Labute approximate surface area is 106 Å². The van der Waals surface area contributed by atoms with Crippen LogP contribution in [0, 0.1) is 10.1 Å². The molecular formula is C11H15ClN3O2-. The second-order valence-corrected chi connectivity index (χ2v) is 3.84. The van der Waals surface area contributed by atoms with E-state index in [0.29, 0.717) is 0 Å². The summed E-state index contributed by atoms with van der Waals surface area (Å²) in [5, 5.41) is 14.2. The average molecular weight is 257 g/mol. The van der Waals surface area contributed by atoms with Crippen LogP contribution in [0.1, 0.15) is 6.42 Å². The summed E-state index contributed by atoms with van der Waals surface area (Å²) in [6.07, 6.45) is 1.02. The van der Waals surface area contributed by atoms with E-state index in [2.05, 4.69) is 10.2 Å². The molecule has 0 spiro atoms. The van der Waals surface area contributed by atoms with Crippen LogP contribution in [-0.2, 0) is 0 Å². The van der Waals surface area contributed by atoms with E-state index < -0.39 is 0 Å². The van der Waals surface area contributed by atoms with Crippen molar-refractivity contribution in [2.75, 3.05) is 31.1 Å². The first-order chi connectivity index (χ1) is 7.79. The molecule has 0 aromatic heterocycles. The normalized spacial score (nSPS) is 15.9. The molecule has 17 heavy (non-hydrogen) atoms. The Morgan fingerprint density at radius 3 is 2.76 bits per heavy atom. The maximum atomic E-state index is 10.9. The second kappa shape index (κ2) is 6.42. The van der Waals surface area contributed by atoms with Gasteiger partial charge in [0, 0.05) is 25.7 Å². The van der Waals surface area contributed by atoms with E-state index in [9.17, 15) is 10.1 Å². The van der Waals surface area contributed by atoms with Gasteiger partial charge in [0.25, 0.3) is 5.69 Å². The van der Waals surface area contributed by atoms with Crippen molar-refractivity contribution in [3.05, 3.63) is 34.4 Å². The van der Waals surface area contributed by atoms with Crippen LogP contribution in [0.25, 0.3) is 0 Å². The van der Waals surface area contributed by atoms with E-state index in [1.807, 2.05) is 12.1 Å². The van der Waals surface area contributed by atoms with Crippen LogP contribution < -0.4 is 22.6 Å². The van der Waals surface area contributed by atoms with Gasteiger partial charge in [0.2, 0.25) is 0 Å². The molecule has 6 heteroatoms. The molecule has 2 rings (SSSR count). The molecule has 1 aromatic carbocycles. The molecule has 94 valence electrons. The molecule has 1 fully saturated rings. The van der Waals surface area contributed by atoms with Gasteiger partial charge in [0.15, 0.2) is 0 Å². The lowest BCUT2D eigenvalue weighted by Gasteiger charge is -2.21. The number of nitro benzene ring substituents is 1. The zero-order valence-electron chi connectivity index (χ0n) is 9.43. The Bertz CT molecular complexity index is 379. The minimum atomic E-state index is -0.312. The number of nitro groups is 1. The van der Waals surface area contributed by atoms with Gasteiger partial charge in [-0.3, -0.25) is 10.1 Å². The number of benzene rings is 1. The maximum absolute atomic E-state index is 10.9. The number of hydrogen-bond donors (Lipinski definition) is 1. The Morgan fingerprint density at radius 2 is 2.00 bits per heavy atom. The summed E-state index contributed by atoms with van der Waals surface area (Å²) in [4.78, 5) is 12.7. The average Bonchev–Trinajstić information content (AvgIpc) is 2.57. The molecule has 1 aliphatic heterocycles. The van der Waals surface area contributed by atoms with Crippen molar-refractivity contribution < 1.29 is 17.3 Å². The first-order valence-electron chi connectivity index (χ1n) is 5.48. The van der Waals surface area contributed by atoms with Crippen LogP contribution in [-0.4, -0.2) is 31.1 Å². The molecule has 1 heterocycles. The molecule has 0 atom stereocenters. The smallest absolute Gasteiger partial charge is 0.292 e. The molecule has 0 amide bonds. The molecule has 0 saturated carbocycles. The molecule has 1 saturated heterocycles. The first-order valence-corrected chi connectivity index (χ1v) is 5.48. The van der Waals surface area contributed by atoms with Gasteiger partial charge in [0.05, 0.1) is 4.92 Å². The molecule has 1 N–H and O–H groups in total. The molecule has 0 unspecified atom stereocenters. The van der Waals surface area contributed by atoms with Gasteiger partial charge >= 0.3 is 0 Å². The highest BCUT2D eigenvalue weighted by atomic mass is 35.5. The number of anilines is 1. The highest BCUT2D eigenvalue weighted by Gasteiger charge is 2.18. The molecule has 5 nitrogen and oxygen atoms in total. The Kier molecular flexibility index (Phi) is 5.18. The van der Waals surface area contributed by atoms with E-state index in [4.69, 9.17) is 0 Å². The van der Waals surface area contributed by atoms with Crippen LogP contribution in [0.4, 0.5) is 11.4 Å². The van der Waals surface area contributed by atoms with Gasteiger partial charge < -0.3 is 22.6 Å². The monoisotopic (exact) mass is 256 g/mol. The van der Waals surface area contributed by atoms with Crippen LogP contribution >= 0.6 is 0 Å². The van der Waals surface area contributed by atoms with Crippen LogP contribution in [0.5, 0.6) is 0 Å². The fourth-order valence-electron chi connectivity index (χ4n) is 1.97.